The van der Waals surface area contributed by atoms with Crippen LogP contribution in [0.2, 0.25) is 0 Å². The minimum absolute atomic E-state index is 0. The number of nitrogens with zero attached hydrogens (tertiary/aromatic N) is 4. The number of pyridine rings is 1. The predicted octanol–water partition coefficient (Wildman–Crippen LogP) is 10.2. The summed E-state index contributed by atoms with van der Waals surface area (Å²) >= 11 is 1.80. The molecule has 47 heavy (non-hydrogen) atoms. The Morgan fingerprint density at radius 3 is 2.26 bits per heavy atom. The van der Waals surface area contributed by atoms with Gasteiger partial charge in [0.15, 0.2) is 0 Å². The summed E-state index contributed by atoms with van der Waals surface area (Å²) < 4.78 is 10.6. The van der Waals surface area contributed by atoms with Gasteiger partial charge in [0.2, 0.25) is 0 Å². The number of hydrogen-bond donors (Lipinski definition) is 0. The van der Waals surface area contributed by atoms with E-state index in [-0.39, 0.29) is 21.1 Å². The van der Waals surface area contributed by atoms with E-state index < -0.39 is 0 Å². The zero-order valence-electron chi connectivity index (χ0n) is 27.4. The summed E-state index contributed by atoms with van der Waals surface area (Å²) in [5.41, 5.74) is 11.3. The molecule has 0 bridgehead atoms. The van der Waals surface area contributed by atoms with Gasteiger partial charge in [-0.05, 0) is 104 Å². The van der Waals surface area contributed by atoms with Crippen LogP contribution in [0.25, 0.3) is 44.4 Å². The topological polar surface area (TPSA) is 44.9 Å². The molecule has 3 aromatic heterocycles. The van der Waals surface area contributed by atoms with Crippen molar-refractivity contribution in [1.82, 2.24) is 19.3 Å². The van der Waals surface area contributed by atoms with Crippen molar-refractivity contribution in [2.75, 3.05) is 6.26 Å². The summed E-state index contributed by atoms with van der Waals surface area (Å²) in [6.45, 7) is 10.8. The van der Waals surface area contributed by atoms with Gasteiger partial charge in [-0.25, -0.2) is 4.98 Å². The van der Waals surface area contributed by atoms with Crippen LogP contribution in [0.4, 0.5) is 0 Å². The van der Waals surface area contributed by atoms with E-state index in [1.807, 2.05) is 41.2 Å². The van der Waals surface area contributed by atoms with Crippen LogP contribution in [-0.2, 0) is 33.9 Å². The second-order valence-electron chi connectivity index (χ2n) is 11.6. The van der Waals surface area contributed by atoms with Crippen LogP contribution in [0.3, 0.4) is 0 Å². The van der Waals surface area contributed by atoms with Crippen LogP contribution in [0, 0.1) is 32.9 Å². The standard InChI is InChI=1S/C40H36N4OS.Pt/c1-7-28-21-33(46-6)22-29(8-2)40(28)39-26(4)42-44(27(39)5)30-12-11-13-31(23-30)45-32-16-17-35-34-14-9-10-15-36(34)43(37(35)24-32)38-20-25(3)18-19-41-38;/h9-22H,7-8H2,1-6H3;/q-2;+2. The van der Waals surface area contributed by atoms with Crippen molar-refractivity contribution in [3.05, 3.63) is 125 Å². The van der Waals surface area contributed by atoms with Gasteiger partial charge >= 0.3 is 21.1 Å². The SMILES string of the molecule is CCc1cc(SC)cc(CC)c1-c1c(C)nn(-c2[c-]c(Oc3[c-]c4c(cc3)c3ccccc3n4-c3cc(C)ccn3)ccc2)c1C.[Pt+2]. The third-order valence-electron chi connectivity index (χ3n) is 8.70. The average Bonchev–Trinajstić information content (AvgIpc) is 3.56. The monoisotopic (exact) mass is 815 g/mol. The van der Waals surface area contributed by atoms with Crippen molar-refractivity contribution < 1.29 is 25.8 Å². The molecule has 0 saturated carbocycles. The number of rotatable bonds is 8. The molecular weight excluding hydrogens is 780 g/mol. The number of hydrogen-bond acceptors (Lipinski definition) is 4. The molecule has 0 N–H and O–H groups in total. The third-order valence-corrected chi connectivity index (χ3v) is 9.41. The Labute approximate surface area is 295 Å². The van der Waals surface area contributed by atoms with Crippen LogP contribution < -0.4 is 4.74 Å². The minimum Gasteiger partial charge on any atom is -0.509 e. The second-order valence-corrected chi connectivity index (χ2v) is 12.5. The molecule has 0 aliphatic rings. The molecule has 0 aliphatic heterocycles. The molecule has 238 valence electrons. The normalized spacial score (nSPS) is 11.3. The fraction of sp³-hybridized carbons (Fsp3) is 0.200. The predicted molar refractivity (Wildman–Crippen MR) is 190 cm³/mol. The Balaban J connectivity index is 0.00000386. The van der Waals surface area contributed by atoms with Crippen molar-refractivity contribution >= 4 is 33.6 Å². The summed E-state index contributed by atoms with van der Waals surface area (Å²) in [6, 6.07) is 34.2. The molecule has 0 unspecified atom stereocenters. The number of para-hydroxylation sites is 1. The van der Waals surface area contributed by atoms with E-state index in [9.17, 15) is 0 Å². The largest absolute Gasteiger partial charge is 2.00 e. The Morgan fingerprint density at radius 2 is 1.53 bits per heavy atom. The molecule has 0 radical (unpaired) electrons. The first kappa shape index (κ1) is 32.8. The van der Waals surface area contributed by atoms with Crippen LogP contribution >= 0.6 is 11.8 Å². The van der Waals surface area contributed by atoms with Gasteiger partial charge in [-0.2, -0.15) is 17.2 Å². The van der Waals surface area contributed by atoms with Gasteiger partial charge in [0, 0.05) is 39.4 Å². The molecule has 0 amide bonds. The van der Waals surface area contributed by atoms with E-state index in [4.69, 9.17) is 14.8 Å². The Kier molecular flexibility index (Phi) is 9.45. The second kappa shape index (κ2) is 13.5. The summed E-state index contributed by atoms with van der Waals surface area (Å²) in [5, 5.41) is 7.27. The van der Waals surface area contributed by atoms with Gasteiger partial charge in [0.1, 0.15) is 5.82 Å². The maximum Gasteiger partial charge on any atom is 2.00 e. The van der Waals surface area contributed by atoms with Gasteiger partial charge in [-0.3, -0.25) is 4.68 Å². The maximum absolute atomic E-state index is 6.43. The van der Waals surface area contributed by atoms with Gasteiger partial charge in [0.05, 0.1) is 5.69 Å². The first-order chi connectivity index (χ1) is 22.4. The molecule has 0 atom stereocenters. The Morgan fingerprint density at radius 1 is 0.787 bits per heavy atom. The van der Waals surface area contributed by atoms with Crippen molar-refractivity contribution in [1.29, 1.82) is 0 Å². The van der Waals surface area contributed by atoms with E-state index in [0.717, 1.165) is 63.1 Å². The smallest absolute Gasteiger partial charge is 0.509 e. The van der Waals surface area contributed by atoms with Gasteiger partial charge in [-0.1, -0.05) is 37.6 Å². The minimum atomic E-state index is 0. The molecular formula is C40H36N4OPtS. The van der Waals surface area contributed by atoms with Crippen LogP contribution in [0.15, 0.2) is 90.0 Å². The first-order valence-corrected chi connectivity index (χ1v) is 17.0. The van der Waals surface area contributed by atoms with Gasteiger partial charge in [-0.15, -0.1) is 47.5 Å². The van der Waals surface area contributed by atoms with E-state index in [1.54, 1.807) is 11.8 Å². The van der Waals surface area contributed by atoms with Gasteiger partial charge < -0.3 is 9.30 Å². The molecule has 7 aromatic rings. The van der Waals surface area contributed by atoms with E-state index in [0.29, 0.717) is 11.5 Å². The van der Waals surface area contributed by atoms with Crippen LogP contribution in [-0.4, -0.2) is 25.6 Å². The van der Waals surface area contributed by atoms with E-state index >= 15 is 0 Å². The van der Waals surface area contributed by atoms with Crippen molar-refractivity contribution in [3.8, 4) is 34.1 Å². The van der Waals surface area contributed by atoms with Crippen molar-refractivity contribution in [2.45, 2.75) is 52.4 Å². The molecule has 0 spiro atoms. The average molecular weight is 816 g/mol. The van der Waals surface area contributed by atoms with Crippen LogP contribution in [0.5, 0.6) is 11.5 Å². The first-order valence-electron chi connectivity index (χ1n) is 15.8. The fourth-order valence-corrected chi connectivity index (χ4v) is 7.04. The summed E-state index contributed by atoms with van der Waals surface area (Å²) in [5.74, 6) is 2.07. The Hall–Kier alpha value is -4.12. The molecule has 3 heterocycles. The molecule has 7 rings (SSSR count). The zero-order chi connectivity index (χ0) is 31.9. The van der Waals surface area contributed by atoms with Gasteiger partial charge in [0.25, 0.3) is 0 Å². The molecule has 5 nitrogen and oxygen atoms in total. The fourth-order valence-electron chi connectivity index (χ4n) is 6.52. The summed E-state index contributed by atoms with van der Waals surface area (Å²) in [4.78, 5) is 6.00. The summed E-state index contributed by atoms with van der Waals surface area (Å²) in [7, 11) is 0. The number of benzene rings is 4. The number of ether oxygens (including phenoxy) is 1. The molecule has 0 aliphatic carbocycles. The number of thioether (sulfide) groups is 1. The van der Waals surface area contributed by atoms with Crippen LogP contribution in [0.1, 0.15) is 41.9 Å². The molecule has 7 heteroatoms. The zero-order valence-corrected chi connectivity index (χ0v) is 30.5. The van der Waals surface area contributed by atoms with Crippen molar-refractivity contribution in [3.63, 3.8) is 0 Å². The third kappa shape index (κ3) is 5.94. The Bertz CT molecular complexity index is 2220. The molecule has 0 saturated heterocycles. The van der Waals surface area contributed by atoms with E-state index in [1.165, 1.54) is 27.1 Å². The van der Waals surface area contributed by atoms with Crippen molar-refractivity contribution in [2.24, 2.45) is 0 Å². The molecule has 4 aromatic carbocycles. The number of fused-ring (bicyclic) bond motifs is 3. The number of aryl methyl sites for hydroxylation is 4. The molecule has 0 fully saturated rings. The summed E-state index contributed by atoms with van der Waals surface area (Å²) in [6.07, 6.45) is 5.93. The number of aromatic nitrogens is 4. The van der Waals surface area contributed by atoms with E-state index in [2.05, 4.69) is 106 Å². The maximum atomic E-state index is 6.43. The quantitative estimate of drug-likeness (QED) is 0.113.